The zero-order valence-corrected chi connectivity index (χ0v) is 17.1. The number of aryl methyl sites for hydroxylation is 1. The van der Waals surface area contributed by atoms with Gasteiger partial charge in [-0.2, -0.15) is 0 Å². The number of rotatable bonds is 5. The van der Waals surface area contributed by atoms with Gasteiger partial charge >= 0.3 is 0 Å². The summed E-state index contributed by atoms with van der Waals surface area (Å²) in [6.07, 6.45) is 0. The number of hydrogen-bond donors (Lipinski definition) is 1. The summed E-state index contributed by atoms with van der Waals surface area (Å²) < 4.78 is 26.2. The molecule has 1 amide bonds. The van der Waals surface area contributed by atoms with Crippen LogP contribution in [0.15, 0.2) is 41.3 Å². The lowest BCUT2D eigenvalue weighted by Gasteiger charge is -2.18. The van der Waals surface area contributed by atoms with Crippen LogP contribution >= 0.6 is 11.6 Å². The van der Waals surface area contributed by atoms with Crippen molar-refractivity contribution in [3.8, 4) is 0 Å². The summed E-state index contributed by atoms with van der Waals surface area (Å²) in [5.41, 5.74) is 2.61. The van der Waals surface area contributed by atoms with Crippen LogP contribution in [0.25, 0.3) is 0 Å². The Morgan fingerprint density at radius 2 is 1.69 bits per heavy atom. The first kappa shape index (κ1) is 20.4. The number of nitrogens with zero attached hydrogens (tertiary/aromatic N) is 1. The number of nitrogens with one attached hydrogen (secondary N) is 1. The minimum Gasteiger partial charge on any atom is -0.346 e. The van der Waals surface area contributed by atoms with Crippen molar-refractivity contribution in [3.63, 3.8) is 0 Å². The number of halogens is 1. The van der Waals surface area contributed by atoms with E-state index in [0.717, 1.165) is 15.4 Å². The van der Waals surface area contributed by atoms with E-state index >= 15 is 0 Å². The van der Waals surface area contributed by atoms with E-state index in [4.69, 9.17) is 11.6 Å². The Morgan fingerprint density at radius 1 is 1.12 bits per heavy atom. The highest BCUT2D eigenvalue weighted by atomic mass is 35.5. The third kappa shape index (κ3) is 4.26. The molecule has 1 atom stereocenters. The molecule has 7 heteroatoms. The minimum absolute atomic E-state index is 0.145. The van der Waals surface area contributed by atoms with E-state index in [2.05, 4.69) is 5.32 Å². The number of carbonyl (C=O) groups is 1. The van der Waals surface area contributed by atoms with Gasteiger partial charge in [0.25, 0.3) is 5.91 Å². The van der Waals surface area contributed by atoms with Gasteiger partial charge in [-0.15, -0.1) is 0 Å². The fourth-order valence-electron chi connectivity index (χ4n) is 2.54. The summed E-state index contributed by atoms with van der Waals surface area (Å²) in [6.45, 7) is 5.40. The first-order chi connectivity index (χ1) is 12.0. The maximum atomic E-state index is 12.7. The van der Waals surface area contributed by atoms with Crippen LogP contribution in [0.3, 0.4) is 0 Å². The largest absolute Gasteiger partial charge is 0.346 e. The third-order valence-electron chi connectivity index (χ3n) is 4.36. The molecule has 0 fully saturated rings. The van der Waals surface area contributed by atoms with Crippen LogP contribution in [0, 0.1) is 13.8 Å². The van der Waals surface area contributed by atoms with Crippen LogP contribution < -0.4 is 5.32 Å². The van der Waals surface area contributed by atoms with Gasteiger partial charge < -0.3 is 5.32 Å². The Hall–Kier alpha value is -1.89. The standard InChI is InChI=1S/C19H23ClN2O3S/c1-12-10-16(11-18(13(12)2)26(24,25)22(4)5)19(23)21-14(3)15-6-8-17(20)9-7-15/h6-11,14H,1-5H3,(H,21,23). The van der Waals surface area contributed by atoms with Crippen LogP contribution in [0.4, 0.5) is 0 Å². The molecule has 0 saturated carbocycles. The summed E-state index contributed by atoms with van der Waals surface area (Å²) in [7, 11) is -0.689. The van der Waals surface area contributed by atoms with Crippen LogP contribution in [-0.2, 0) is 10.0 Å². The first-order valence-electron chi connectivity index (χ1n) is 8.14. The molecule has 0 spiro atoms. The number of benzene rings is 2. The van der Waals surface area contributed by atoms with Crippen molar-refractivity contribution in [1.82, 2.24) is 9.62 Å². The summed E-state index contributed by atoms with van der Waals surface area (Å²) in [6, 6.07) is 10.1. The fourth-order valence-corrected chi connectivity index (χ4v) is 3.88. The van der Waals surface area contributed by atoms with Crippen molar-refractivity contribution in [2.24, 2.45) is 0 Å². The Bertz CT molecular complexity index is 923. The topological polar surface area (TPSA) is 66.5 Å². The van der Waals surface area contributed by atoms with E-state index in [1.807, 2.05) is 19.1 Å². The van der Waals surface area contributed by atoms with Crippen LogP contribution in [-0.4, -0.2) is 32.7 Å². The van der Waals surface area contributed by atoms with E-state index in [0.29, 0.717) is 16.1 Å². The molecule has 1 unspecified atom stereocenters. The number of amides is 1. The van der Waals surface area contributed by atoms with E-state index in [9.17, 15) is 13.2 Å². The molecule has 0 aliphatic heterocycles. The Balaban J connectivity index is 2.35. The van der Waals surface area contributed by atoms with Gasteiger partial charge in [0.2, 0.25) is 10.0 Å². The van der Waals surface area contributed by atoms with Gasteiger partial charge in [0.1, 0.15) is 0 Å². The second-order valence-corrected chi connectivity index (χ2v) is 9.01. The summed E-state index contributed by atoms with van der Waals surface area (Å²) in [5.74, 6) is -0.328. The van der Waals surface area contributed by atoms with Crippen molar-refractivity contribution in [2.75, 3.05) is 14.1 Å². The molecule has 26 heavy (non-hydrogen) atoms. The lowest BCUT2D eigenvalue weighted by molar-refractivity contribution is 0.0939. The number of sulfonamides is 1. The van der Waals surface area contributed by atoms with Gasteiger partial charge in [-0.1, -0.05) is 23.7 Å². The second-order valence-electron chi connectivity index (χ2n) is 6.45. The van der Waals surface area contributed by atoms with Crippen molar-refractivity contribution < 1.29 is 13.2 Å². The van der Waals surface area contributed by atoms with Gasteiger partial charge in [0.15, 0.2) is 0 Å². The molecule has 140 valence electrons. The van der Waals surface area contributed by atoms with E-state index in [1.54, 1.807) is 32.0 Å². The Labute approximate surface area is 160 Å². The minimum atomic E-state index is -3.63. The average Bonchev–Trinajstić information content (AvgIpc) is 2.57. The van der Waals surface area contributed by atoms with E-state index in [1.165, 1.54) is 20.2 Å². The fraction of sp³-hybridized carbons (Fsp3) is 0.316. The van der Waals surface area contributed by atoms with Gasteiger partial charge in [-0.05, 0) is 61.7 Å². The maximum absolute atomic E-state index is 12.7. The quantitative estimate of drug-likeness (QED) is 0.840. The molecule has 0 heterocycles. The van der Waals surface area contributed by atoms with Crippen molar-refractivity contribution in [2.45, 2.75) is 31.7 Å². The molecule has 0 saturated heterocycles. The molecule has 2 aromatic carbocycles. The first-order valence-corrected chi connectivity index (χ1v) is 9.96. The normalized spacial score (nSPS) is 12.9. The van der Waals surface area contributed by atoms with Crippen LogP contribution in [0.1, 0.15) is 40.0 Å². The molecule has 0 aromatic heterocycles. The monoisotopic (exact) mass is 394 g/mol. The molecule has 2 rings (SSSR count). The molecular weight excluding hydrogens is 372 g/mol. The van der Waals surface area contributed by atoms with Gasteiger partial charge in [0.05, 0.1) is 10.9 Å². The van der Waals surface area contributed by atoms with Crippen LogP contribution in [0.5, 0.6) is 0 Å². The zero-order valence-electron chi connectivity index (χ0n) is 15.5. The predicted octanol–water partition coefficient (Wildman–Crippen LogP) is 3.70. The van der Waals surface area contributed by atoms with E-state index < -0.39 is 10.0 Å². The molecule has 0 bridgehead atoms. The van der Waals surface area contributed by atoms with Crippen molar-refractivity contribution >= 4 is 27.5 Å². The lowest BCUT2D eigenvalue weighted by Crippen LogP contribution is -2.28. The molecule has 2 aromatic rings. The molecule has 1 N–H and O–H groups in total. The van der Waals surface area contributed by atoms with Crippen molar-refractivity contribution in [3.05, 3.63) is 63.7 Å². The second kappa shape index (κ2) is 7.78. The van der Waals surface area contributed by atoms with Gasteiger partial charge in [-0.25, -0.2) is 12.7 Å². The SMILES string of the molecule is Cc1cc(C(=O)NC(C)c2ccc(Cl)cc2)cc(S(=O)(=O)N(C)C)c1C. The molecule has 5 nitrogen and oxygen atoms in total. The Kier molecular flexibility index (Phi) is 6.11. The van der Waals surface area contributed by atoms with Gasteiger partial charge in [0, 0.05) is 24.7 Å². The summed E-state index contributed by atoms with van der Waals surface area (Å²) in [5, 5.41) is 3.52. The number of carbonyl (C=O) groups excluding carboxylic acids is 1. The molecule has 0 radical (unpaired) electrons. The number of hydrogen-bond acceptors (Lipinski definition) is 3. The molecule has 0 aliphatic rings. The van der Waals surface area contributed by atoms with Gasteiger partial charge in [-0.3, -0.25) is 4.79 Å². The highest BCUT2D eigenvalue weighted by Gasteiger charge is 2.23. The average molecular weight is 395 g/mol. The Morgan fingerprint density at radius 3 is 2.23 bits per heavy atom. The lowest BCUT2D eigenvalue weighted by atomic mass is 10.0. The van der Waals surface area contributed by atoms with E-state index in [-0.39, 0.29) is 16.8 Å². The third-order valence-corrected chi connectivity index (χ3v) is 6.55. The van der Waals surface area contributed by atoms with Crippen molar-refractivity contribution in [1.29, 1.82) is 0 Å². The summed E-state index contributed by atoms with van der Waals surface area (Å²) >= 11 is 5.89. The summed E-state index contributed by atoms with van der Waals surface area (Å²) in [4.78, 5) is 12.8. The maximum Gasteiger partial charge on any atom is 0.251 e. The molecule has 0 aliphatic carbocycles. The predicted molar refractivity (Wildman–Crippen MR) is 104 cm³/mol. The highest BCUT2D eigenvalue weighted by Crippen LogP contribution is 2.24. The molecular formula is C19H23ClN2O3S. The smallest absolute Gasteiger partial charge is 0.251 e. The zero-order chi connectivity index (χ0) is 19.6. The van der Waals surface area contributed by atoms with Crippen LogP contribution in [0.2, 0.25) is 5.02 Å². The highest BCUT2D eigenvalue weighted by molar-refractivity contribution is 7.89.